The third-order valence-electron chi connectivity index (χ3n) is 2.98. The summed E-state index contributed by atoms with van der Waals surface area (Å²) in [5.74, 6) is -1.08. The molecule has 3 rings (SSSR count). The lowest BCUT2D eigenvalue weighted by Gasteiger charge is -2.05. The van der Waals surface area contributed by atoms with E-state index in [0.717, 1.165) is 21.1 Å². The average molecular weight is 341 g/mol. The van der Waals surface area contributed by atoms with Crippen molar-refractivity contribution in [2.75, 3.05) is 0 Å². The van der Waals surface area contributed by atoms with Crippen molar-refractivity contribution in [3.63, 3.8) is 0 Å². The molecule has 0 saturated heterocycles. The topological polar surface area (TPSA) is 57.0 Å². The van der Waals surface area contributed by atoms with Gasteiger partial charge in [-0.2, -0.15) is 18.3 Å². The fraction of sp³-hybridized carbons (Fsp3) is 0.214. The third kappa shape index (κ3) is 3.19. The van der Waals surface area contributed by atoms with E-state index in [1.807, 2.05) is 18.2 Å². The summed E-state index contributed by atoms with van der Waals surface area (Å²) in [5.41, 5.74) is -1.11. The molecule has 3 aromatic rings. The van der Waals surface area contributed by atoms with Gasteiger partial charge in [0.25, 0.3) is 0 Å². The van der Waals surface area contributed by atoms with Gasteiger partial charge in [0.2, 0.25) is 0 Å². The van der Waals surface area contributed by atoms with Crippen LogP contribution in [0.15, 0.2) is 30.5 Å². The van der Waals surface area contributed by atoms with Gasteiger partial charge in [0, 0.05) is 13.2 Å². The zero-order valence-electron chi connectivity index (χ0n) is 11.8. The Bertz CT molecular complexity index is 837. The summed E-state index contributed by atoms with van der Waals surface area (Å²) in [6.45, 7) is -0.190. The maximum atomic E-state index is 12.8. The van der Waals surface area contributed by atoms with E-state index in [1.54, 1.807) is 6.07 Å². The Morgan fingerprint density at radius 2 is 2.09 bits per heavy atom. The highest BCUT2D eigenvalue weighted by Crippen LogP contribution is 2.31. The molecule has 0 aliphatic carbocycles. The minimum atomic E-state index is -4.72. The van der Waals surface area contributed by atoms with Crippen LogP contribution in [0.3, 0.4) is 0 Å². The number of ether oxygens (including phenoxy) is 1. The number of benzene rings is 1. The van der Waals surface area contributed by atoms with E-state index in [9.17, 15) is 18.0 Å². The molecule has 2 heterocycles. The van der Waals surface area contributed by atoms with Crippen LogP contribution in [-0.2, 0) is 24.6 Å². The quantitative estimate of drug-likeness (QED) is 0.685. The SMILES string of the molecule is Cn1cc(C(=O)OCc2nc3ccccc3s2)c(C(F)(F)F)n1. The van der Waals surface area contributed by atoms with Gasteiger partial charge < -0.3 is 4.74 Å². The van der Waals surface area contributed by atoms with Crippen molar-refractivity contribution in [1.29, 1.82) is 0 Å². The molecule has 0 saturated carbocycles. The van der Waals surface area contributed by atoms with E-state index in [1.165, 1.54) is 18.4 Å². The number of halogens is 3. The molecular formula is C14H10F3N3O2S. The van der Waals surface area contributed by atoms with Crippen LogP contribution in [0.2, 0.25) is 0 Å². The van der Waals surface area contributed by atoms with E-state index in [0.29, 0.717) is 5.01 Å². The number of aromatic nitrogens is 3. The Balaban J connectivity index is 1.77. The molecule has 2 aromatic heterocycles. The van der Waals surface area contributed by atoms with Crippen molar-refractivity contribution < 1.29 is 22.7 Å². The Labute approximate surface area is 132 Å². The molecule has 0 radical (unpaired) electrons. The van der Waals surface area contributed by atoms with E-state index in [-0.39, 0.29) is 6.61 Å². The highest BCUT2D eigenvalue weighted by molar-refractivity contribution is 7.18. The van der Waals surface area contributed by atoms with Gasteiger partial charge >= 0.3 is 12.1 Å². The van der Waals surface area contributed by atoms with Gasteiger partial charge in [0.1, 0.15) is 17.2 Å². The van der Waals surface area contributed by atoms with Crippen molar-refractivity contribution in [3.05, 3.63) is 46.7 Å². The zero-order valence-corrected chi connectivity index (χ0v) is 12.6. The second-order valence-corrected chi connectivity index (χ2v) is 5.83. The molecule has 0 bridgehead atoms. The minimum absolute atomic E-state index is 0.190. The lowest BCUT2D eigenvalue weighted by molar-refractivity contribution is -0.142. The van der Waals surface area contributed by atoms with Crippen molar-refractivity contribution >= 4 is 27.5 Å². The van der Waals surface area contributed by atoms with Crippen molar-refractivity contribution in [2.45, 2.75) is 12.8 Å². The molecule has 23 heavy (non-hydrogen) atoms. The van der Waals surface area contributed by atoms with Crippen LogP contribution >= 0.6 is 11.3 Å². The summed E-state index contributed by atoms with van der Waals surface area (Å²) in [7, 11) is 1.31. The number of carbonyl (C=O) groups excluding carboxylic acids is 1. The highest BCUT2D eigenvalue weighted by atomic mass is 32.1. The molecule has 120 valence electrons. The molecule has 0 amide bonds. The maximum Gasteiger partial charge on any atom is 0.436 e. The van der Waals surface area contributed by atoms with Gasteiger partial charge in [0.05, 0.1) is 10.2 Å². The van der Waals surface area contributed by atoms with Gasteiger partial charge in [-0.15, -0.1) is 11.3 Å². The number of esters is 1. The summed E-state index contributed by atoms with van der Waals surface area (Å²) in [6.07, 6.45) is -3.73. The van der Waals surface area contributed by atoms with Crippen LogP contribution in [0.1, 0.15) is 21.1 Å². The molecule has 0 unspecified atom stereocenters. The minimum Gasteiger partial charge on any atom is -0.455 e. The number of hydrogen-bond acceptors (Lipinski definition) is 5. The van der Waals surface area contributed by atoms with Gasteiger partial charge in [-0.05, 0) is 12.1 Å². The Morgan fingerprint density at radius 3 is 2.78 bits per heavy atom. The molecule has 0 aliphatic heterocycles. The number of aryl methyl sites for hydroxylation is 1. The predicted molar refractivity (Wildman–Crippen MR) is 76.9 cm³/mol. The molecule has 5 nitrogen and oxygen atoms in total. The molecule has 9 heteroatoms. The molecule has 0 atom stereocenters. The third-order valence-corrected chi connectivity index (χ3v) is 3.99. The Kier molecular flexibility index (Phi) is 3.80. The first-order valence-electron chi connectivity index (χ1n) is 6.47. The Morgan fingerprint density at radius 1 is 1.35 bits per heavy atom. The Hall–Kier alpha value is -2.42. The zero-order chi connectivity index (χ0) is 16.6. The molecule has 1 aromatic carbocycles. The summed E-state index contributed by atoms with van der Waals surface area (Å²) in [6, 6.07) is 7.34. The van der Waals surface area contributed by atoms with Gasteiger partial charge in [-0.3, -0.25) is 4.68 Å². The van der Waals surface area contributed by atoms with E-state index in [2.05, 4.69) is 10.1 Å². The van der Waals surface area contributed by atoms with Crippen molar-refractivity contribution in [3.8, 4) is 0 Å². The normalized spacial score (nSPS) is 11.8. The highest BCUT2D eigenvalue weighted by Gasteiger charge is 2.39. The van der Waals surface area contributed by atoms with Crippen LogP contribution in [0.25, 0.3) is 10.2 Å². The van der Waals surface area contributed by atoms with Crippen LogP contribution in [0, 0.1) is 0 Å². The monoisotopic (exact) mass is 341 g/mol. The number of carbonyl (C=O) groups is 1. The first kappa shape index (κ1) is 15.5. The van der Waals surface area contributed by atoms with Gasteiger partial charge in [-0.25, -0.2) is 9.78 Å². The number of thiazole rings is 1. The first-order valence-corrected chi connectivity index (χ1v) is 7.28. The van der Waals surface area contributed by atoms with Gasteiger partial charge in [-0.1, -0.05) is 12.1 Å². The lowest BCUT2D eigenvalue weighted by Crippen LogP contribution is -2.14. The average Bonchev–Trinajstić information content (AvgIpc) is 3.07. The van der Waals surface area contributed by atoms with Crippen molar-refractivity contribution in [1.82, 2.24) is 14.8 Å². The molecule has 0 fully saturated rings. The largest absolute Gasteiger partial charge is 0.455 e. The number of nitrogens with zero attached hydrogens (tertiary/aromatic N) is 3. The van der Waals surface area contributed by atoms with Crippen LogP contribution in [0.5, 0.6) is 0 Å². The second kappa shape index (κ2) is 5.65. The van der Waals surface area contributed by atoms with Gasteiger partial charge in [0.15, 0.2) is 5.69 Å². The van der Waals surface area contributed by atoms with Crippen LogP contribution in [-0.4, -0.2) is 20.7 Å². The molecule has 0 aliphatic rings. The number of para-hydroxylation sites is 1. The fourth-order valence-electron chi connectivity index (χ4n) is 2.03. The summed E-state index contributed by atoms with van der Waals surface area (Å²) in [4.78, 5) is 16.2. The van der Waals surface area contributed by atoms with E-state index < -0.39 is 23.4 Å². The number of hydrogen-bond donors (Lipinski definition) is 0. The smallest absolute Gasteiger partial charge is 0.436 e. The van der Waals surface area contributed by atoms with E-state index in [4.69, 9.17) is 4.74 Å². The molecule has 0 N–H and O–H groups in total. The number of fused-ring (bicyclic) bond motifs is 1. The summed E-state index contributed by atoms with van der Waals surface area (Å²) in [5, 5.41) is 3.78. The first-order chi connectivity index (χ1) is 10.8. The summed E-state index contributed by atoms with van der Waals surface area (Å²) < 4.78 is 45.3. The number of alkyl halides is 3. The summed E-state index contributed by atoms with van der Waals surface area (Å²) >= 11 is 1.32. The molecule has 0 spiro atoms. The standard InChI is InChI=1S/C14H10F3N3O2S/c1-20-6-8(12(19-20)14(15,16)17)13(21)22-7-11-18-9-4-2-3-5-10(9)23-11/h2-6H,7H2,1H3. The predicted octanol–water partition coefficient (Wildman–Crippen LogP) is 3.41. The lowest BCUT2D eigenvalue weighted by atomic mass is 10.2. The molecular weight excluding hydrogens is 331 g/mol. The fourth-order valence-corrected chi connectivity index (χ4v) is 2.91. The second-order valence-electron chi connectivity index (χ2n) is 4.71. The maximum absolute atomic E-state index is 12.8. The van der Waals surface area contributed by atoms with Crippen LogP contribution in [0.4, 0.5) is 13.2 Å². The van der Waals surface area contributed by atoms with Crippen LogP contribution < -0.4 is 0 Å². The number of rotatable bonds is 3. The van der Waals surface area contributed by atoms with E-state index >= 15 is 0 Å². The van der Waals surface area contributed by atoms with Crippen molar-refractivity contribution in [2.24, 2.45) is 7.05 Å².